The first kappa shape index (κ1) is 15.8. The van der Waals surface area contributed by atoms with Crippen LogP contribution in [0.4, 0.5) is 0 Å². The molecule has 6 heteroatoms. The summed E-state index contributed by atoms with van der Waals surface area (Å²) >= 11 is 0. The first-order valence-corrected chi connectivity index (χ1v) is 5.72. The number of rotatable bonds is 10. The van der Waals surface area contributed by atoms with Gasteiger partial charge in [-0.1, -0.05) is 0 Å². The van der Waals surface area contributed by atoms with E-state index in [0.29, 0.717) is 26.1 Å². The molecular formula is C11H22N4O2. The van der Waals surface area contributed by atoms with Crippen molar-refractivity contribution in [2.45, 2.75) is 6.42 Å². The zero-order valence-electron chi connectivity index (χ0n) is 10.7. The van der Waals surface area contributed by atoms with Gasteiger partial charge in [-0.25, -0.2) is 0 Å². The third-order valence-corrected chi connectivity index (χ3v) is 2.19. The molecule has 0 atom stereocenters. The predicted molar refractivity (Wildman–Crippen MR) is 65.5 cm³/mol. The van der Waals surface area contributed by atoms with Crippen molar-refractivity contribution in [3.63, 3.8) is 0 Å². The number of nitriles is 1. The Bertz CT molecular complexity index is 240. The molecule has 0 aromatic carbocycles. The minimum Gasteiger partial charge on any atom is -0.383 e. The van der Waals surface area contributed by atoms with Gasteiger partial charge in [-0.15, -0.1) is 0 Å². The van der Waals surface area contributed by atoms with E-state index in [-0.39, 0.29) is 5.91 Å². The van der Waals surface area contributed by atoms with Gasteiger partial charge in [-0.05, 0) is 7.05 Å². The number of nitrogens with one attached hydrogen (secondary N) is 2. The van der Waals surface area contributed by atoms with Gasteiger partial charge in [0.25, 0.3) is 0 Å². The lowest BCUT2D eigenvalue weighted by molar-refractivity contribution is -0.120. The summed E-state index contributed by atoms with van der Waals surface area (Å²) in [6.45, 7) is 3.94. The summed E-state index contributed by atoms with van der Waals surface area (Å²) in [5.74, 6) is -0.0696. The van der Waals surface area contributed by atoms with E-state index in [1.807, 2.05) is 13.1 Å². The van der Waals surface area contributed by atoms with Gasteiger partial charge >= 0.3 is 0 Å². The number of amides is 1. The van der Waals surface area contributed by atoms with E-state index < -0.39 is 0 Å². The van der Waals surface area contributed by atoms with Crippen molar-refractivity contribution in [1.82, 2.24) is 15.5 Å². The van der Waals surface area contributed by atoms with Crippen LogP contribution in [0.1, 0.15) is 6.42 Å². The number of likely N-dealkylation sites (N-methyl/N-ethyl adjacent to an activating group) is 1. The molecule has 98 valence electrons. The van der Waals surface area contributed by atoms with Crippen LogP contribution in [-0.4, -0.2) is 64.3 Å². The van der Waals surface area contributed by atoms with E-state index in [1.165, 1.54) is 0 Å². The number of hydrogen-bond donors (Lipinski definition) is 2. The average Bonchev–Trinajstić information content (AvgIpc) is 2.32. The lowest BCUT2D eigenvalue weighted by Gasteiger charge is -2.15. The molecule has 0 aliphatic heterocycles. The van der Waals surface area contributed by atoms with Crippen LogP contribution in [0.5, 0.6) is 0 Å². The van der Waals surface area contributed by atoms with Crippen LogP contribution < -0.4 is 10.6 Å². The Morgan fingerprint density at radius 3 is 2.82 bits per heavy atom. The van der Waals surface area contributed by atoms with Crippen molar-refractivity contribution in [2.24, 2.45) is 0 Å². The van der Waals surface area contributed by atoms with Gasteiger partial charge in [0.2, 0.25) is 5.91 Å². The van der Waals surface area contributed by atoms with E-state index in [4.69, 9.17) is 10.00 Å². The lowest BCUT2D eigenvalue weighted by atomic mass is 10.4. The molecule has 0 saturated heterocycles. The summed E-state index contributed by atoms with van der Waals surface area (Å²) < 4.78 is 4.96. The Hall–Kier alpha value is -1.16. The SMILES string of the molecule is COCCN(C)CCNCC(=O)NCCC#N. The van der Waals surface area contributed by atoms with Crippen molar-refractivity contribution in [3.8, 4) is 6.07 Å². The molecule has 1 amide bonds. The van der Waals surface area contributed by atoms with Gasteiger partial charge in [-0.2, -0.15) is 5.26 Å². The van der Waals surface area contributed by atoms with Crippen molar-refractivity contribution in [3.05, 3.63) is 0 Å². The number of nitrogens with zero attached hydrogens (tertiary/aromatic N) is 2. The van der Waals surface area contributed by atoms with E-state index in [1.54, 1.807) is 7.11 Å². The molecule has 6 nitrogen and oxygen atoms in total. The van der Waals surface area contributed by atoms with Crippen LogP contribution in [-0.2, 0) is 9.53 Å². The van der Waals surface area contributed by atoms with Crippen LogP contribution in [0, 0.1) is 11.3 Å². The average molecular weight is 242 g/mol. The zero-order chi connectivity index (χ0) is 12.9. The van der Waals surface area contributed by atoms with Crippen LogP contribution in [0.15, 0.2) is 0 Å². The molecule has 0 rings (SSSR count). The second kappa shape index (κ2) is 11.3. The summed E-state index contributed by atoms with van der Waals surface area (Å²) in [7, 11) is 3.69. The molecule has 0 aromatic heterocycles. The standard InChI is InChI=1S/C11H22N4O2/c1-15(8-9-17-2)7-6-13-10-11(16)14-5-3-4-12/h13H,3,5-10H2,1-2H3,(H,14,16). The Morgan fingerprint density at radius 2 is 2.18 bits per heavy atom. The van der Waals surface area contributed by atoms with Crippen molar-refractivity contribution >= 4 is 5.91 Å². The molecule has 0 radical (unpaired) electrons. The maximum atomic E-state index is 11.2. The highest BCUT2D eigenvalue weighted by Gasteiger charge is 2.00. The summed E-state index contributed by atoms with van der Waals surface area (Å²) in [5, 5.41) is 14.0. The first-order valence-electron chi connectivity index (χ1n) is 5.72. The Kier molecular flexibility index (Phi) is 10.6. The van der Waals surface area contributed by atoms with Crippen LogP contribution in [0.2, 0.25) is 0 Å². The number of carbonyl (C=O) groups excluding carboxylic acids is 1. The highest BCUT2D eigenvalue weighted by Crippen LogP contribution is 1.80. The highest BCUT2D eigenvalue weighted by molar-refractivity contribution is 5.77. The van der Waals surface area contributed by atoms with E-state index in [9.17, 15) is 4.79 Å². The molecule has 0 spiro atoms. The zero-order valence-corrected chi connectivity index (χ0v) is 10.7. The van der Waals surface area contributed by atoms with Crippen LogP contribution in [0.3, 0.4) is 0 Å². The van der Waals surface area contributed by atoms with Gasteiger partial charge in [0, 0.05) is 33.3 Å². The highest BCUT2D eigenvalue weighted by atomic mass is 16.5. The molecule has 0 unspecified atom stereocenters. The van der Waals surface area contributed by atoms with E-state index in [2.05, 4.69) is 15.5 Å². The van der Waals surface area contributed by atoms with Crippen LogP contribution >= 0.6 is 0 Å². The van der Waals surface area contributed by atoms with Crippen molar-refractivity contribution < 1.29 is 9.53 Å². The maximum Gasteiger partial charge on any atom is 0.233 e. The summed E-state index contributed by atoms with van der Waals surface area (Å²) in [5.41, 5.74) is 0. The van der Waals surface area contributed by atoms with Gasteiger partial charge < -0.3 is 20.3 Å². The van der Waals surface area contributed by atoms with Crippen molar-refractivity contribution in [2.75, 3.05) is 53.5 Å². The maximum absolute atomic E-state index is 11.2. The minimum absolute atomic E-state index is 0.0696. The Labute approximate surface area is 103 Å². The normalized spacial score (nSPS) is 10.2. The quantitative estimate of drug-likeness (QED) is 0.490. The largest absolute Gasteiger partial charge is 0.383 e. The fourth-order valence-electron chi connectivity index (χ4n) is 1.15. The van der Waals surface area contributed by atoms with Gasteiger partial charge in [-0.3, -0.25) is 4.79 Å². The summed E-state index contributed by atoms with van der Waals surface area (Å²) in [6, 6.07) is 1.97. The van der Waals surface area contributed by atoms with Gasteiger partial charge in [0.1, 0.15) is 0 Å². The van der Waals surface area contributed by atoms with Crippen molar-refractivity contribution in [1.29, 1.82) is 5.26 Å². The number of ether oxygens (including phenoxy) is 1. The lowest BCUT2D eigenvalue weighted by Crippen LogP contribution is -2.38. The Morgan fingerprint density at radius 1 is 1.41 bits per heavy atom. The Balaban J connectivity index is 3.32. The number of methoxy groups -OCH3 is 1. The third-order valence-electron chi connectivity index (χ3n) is 2.19. The second-order valence-corrected chi connectivity index (χ2v) is 3.73. The number of carbonyl (C=O) groups is 1. The molecule has 17 heavy (non-hydrogen) atoms. The molecule has 0 aromatic rings. The summed E-state index contributed by atoms with van der Waals surface area (Å²) in [6.07, 6.45) is 0.353. The molecular weight excluding hydrogens is 220 g/mol. The molecule has 0 fully saturated rings. The van der Waals surface area contributed by atoms with Crippen LogP contribution in [0.25, 0.3) is 0 Å². The first-order chi connectivity index (χ1) is 8.20. The minimum atomic E-state index is -0.0696. The number of hydrogen-bond acceptors (Lipinski definition) is 5. The molecule has 0 saturated carbocycles. The van der Waals surface area contributed by atoms with Gasteiger partial charge in [0.05, 0.1) is 25.6 Å². The molecule has 2 N–H and O–H groups in total. The second-order valence-electron chi connectivity index (χ2n) is 3.73. The molecule has 0 heterocycles. The third kappa shape index (κ3) is 11.1. The smallest absolute Gasteiger partial charge is 0.233 e. The van der Waals surface area contributed by atoms with Gasteiger partial charge in [0.15, 0.2) is 0 Å². The topological polar surface area (TPSA) is 77.4 Å². The van der Waals surface area contributed by atoms with E-state index in [0.717, 1.165) is 19.6 Å². The molecule has 0 aliphatic rings. The fraction of sp³-hybridized carbons (Fsp3) is 0.818. The fourth-order valence-corrected chi connectivity index (χ4v) is 1.15. The predicted octanol–water partition coefficient (Wildman–Crippen LogP) is -0.816. The monoisotopic (exact) mass is 242 g/mol. The van der Waals surface area contributed by atoms with E-state index >= 15 is 0 Å². The summed E-state index contributed by atoms with van der Waals surface area (Å²) in [4.78, 5) is 13.3. The molecule has 0 aliphatic carbocycles. The molecule has 0 bridgehead atoms.